The van der Waals surface area contributed by atoms with E-state index in [4.69, 9.17) is 4.74 Å². The van der Waals surface area contributed by atoms with E-state index in [-0.39, 0.29) is 18.3 Å². The molecule has 0 spiro atoms. The van der Waals surface area contributed by atoms with Crippen LogP contribution < -0.4 is 20.7 Å². The van der Waals surface area contributed by atoms with Crippen LogP contribution in [-0.2, 0) is 22.7 Å². The second-order valence-corrected chi connectivity index (χ2v) is 11.2. The molecule has 4 amide bonds. The van der Waals surface area contributed by atoms with E-state index in [1.807, 2.05) is 57.2 Å². The number of thioether (sulfide) groups is 1. The van der Waals surface area contributed by atoms with Gasteiger partial charge in [0.25, 0.3) is 5.91 Å². The number of hydrogen-bond acceptors (Lipinski definition) is 6. The number of benzene rings is 2. The number of aryl methyl sites for hydroxylation is 1. The molecule has 2 aromatic carbocycles. The topological polar surface area (TPSA) is 120 Å². The quantitative estimate of drug-likeness (QED) is 0.397. The maximum atomic E-state index is 13.2. The zero-order chi connectivity index (χ0) is 27.2. The van der Waals surface area contributed by atoms with E-state index in [1.165, 1.54) is 16.7 Å². The number of ether oxygens (including phenoxy) is 1. The zero-order valence-electron chi connectivity index (χ0n) is 21.9. The van der Waals surface area contributed by atoms with Crippen molar-refractivity contribution in [2.75, 3.05) is 13.0 Å². The van der Waals surface area contributed by atoms with Crippen LogP contribution in [0.25, 0.3) is 0 Å². The molecule has 3 atom stereocenters. The molecule has 0 aliphatic carbocycles. The second kappa shape index (κ2) is 12.3. The third kappa shape index (κ3) is 7.17. The molecule has 4 N–H and O–H groups in total. The van der Waals surface area contributed by atoms with Crippen molar-refractivity contribution in [3.05, 3.63) is 65.2 Å². The number of rotatable bonds is 9. The Morgan fingerprint density at radius 2 is 1.78 bits per heavy atom. The summed E-state index contributed by atoms with van der Waals surface area (Å²) in [4.78, 5) is 40.2. The van der Waals surface area contributed by atoms with Gasteiger partial charge in [0.05, 0.1) is 19.0 Å². The van der Waals surface area contributed by atoms with Crippen molar-refractivity contribution in [3.63, 3.8) is 0 Å². The molecule has 1 heterocycles. The van der Waals surface area contributed by atoms with Crippen molar-refractivity contribution in [2.45, 2.75) is 63.7 Å². The zero-order valence-corrected chi connectivity index (χ0v) is 22.7. The molecule has 0 aromatic heterocycles. The monoisotopic (exact) mass is 528 g/mol. The highest BCUT2D eigenvalue weighted by Crippen LogP contribution is 2.39. The fourth-order valence-corrected chi connectivity index (χ4v) is 5.29. The lowest BCUT2D eigenvalue weighted by Gasteiger charge is -2.32. The van der Waals surface area contributed by atoms with Gasteiger partial charge >= 0.3 is 6.03 Å². The average molecular weight is 529 g/mol. The molecule has 1 aliphatic heterocycles. The molecule has 3 rings (SSSR count). The normalized spacial score (nSPS) is 18.0. The summed E-state index contributed by atoms with van der Waals surface area (Å²) in [6.07, 6.45) is -1.51. The molecule has 1 saturated heterocycles. The van der Waals surface area contributed by atoms with Gasteiger partial charge in [0.1, 0.15) is 11.8 Å². The van der Waals surface area contributed by atoms with Crippen molar-refractivity contribution < 1.29 is 24.2 Å². The third-order valence-electron chi connectivity index (χ3n) is 6.49. The summed E-state index contributed by atoms with van der Waals surface area (Å²) >= 11 is 1.47. The second-order valence-electron chi connectivity index (χ2n) is 9.64. The van der Waals surface area contributed by atoms with E-state index in [0.29, 0.717) is 12.3 Å². The van der Waals surface area contributed by atoms with Gasteiger partial charge in [-0.2, -0.15) is 0 Å². The minimum Gasteiger partial charge on any atom is -0.497 e. The molecule has 1 aliphatic rings. The van der Waals surface area contributed by atoms with Gasteiger partial charge in [-0.15, -0.1) is 11.8 Å². The number of methoxy groups -OCH3 is 1. The molecule has 2 aromatic rings. The highest BCUT2D eigenvalue weighted by molar-refractivity contribution is 8.00. The molecule has 0 radical (unpaired) electrons. The molecule has 9 nitrogen and oxygen atoms in total. The number of urea groups is 1. The molecule has 10 heteroatoms. The van der Waals surface area contributed by atoms with Crippen LogP contribution in [-0.4, -0.2) is 63.8 Å². The first-order chi connectivity index (χ1) is 17.5. The molecule has 2 unspecified atom stereocenters. The largest absolute Gasteiger partial charge is 0.497 e. The Labute approximate surface area is 222 Å². The number of carbonyl (C=O) groups excluding carboxylic acids is 3. The van der Waals surface area contributed by atoms with Crippen LogP contribution in [0.5, 0.6) is 5.75 Å². The fourth-order valence-electron chi connectivity index (χ4n) is 4.15. The molecular formula is C27H36N4O5S. The number of aliphatic hydroxyl groups excluding tert-OH is 1. The lowest BCUT2D eigenvalue weighted by Crippen LogP contribution is -2.58. The Hall–Kier alpha value is -3.24. The van der Waals surface area contributed by atoms with Gasteiger partial charge in [0, 0.05) is 17.8 Å². The van der Waals surface area contributed by atoms with E-state index in [9.17, 15) is 19.5 Å². The number of nitrogens with one attached hydrogen (secondary N) is 3. The van der Waals surface area contributed by atoms with Gasteiger partial charge in [-0.1, -0.05) is 36.4 Å². The van der Waals surface area contributed by atoms with Crippen LogP contribution in [0.1, 0.15) is 37.5 Å². The number of nitrogens with zero attached hydrogens (tertiary/aromatic N) is 1. The van der Waals surface area contributed by atoms with E-state index in [1.54, 1.807) is 26.2 Å². The highest BCUT2D eigenvalue weighted by atomic mass is 32.2. The summed E-state index contributed by atoms with van der Waals surface area (Å²) in [6.45, 7) is 7.96. The van der Waals surface area contributed by atoms with Crippen LogP contribution in [0.3, 0.4) is 0 Å². The van der Waals surface area contributed by atoms with Crippen molar-refractivity contribution in [1.82, 2.24) is 20.9 Å². The third-order valence-corrected chi connectivity index (χ3v) is 7.86. The predicted molar refractivity (Wildman–Crippen MR) is 144 cm³/mol. The van der Waals surface area contributed by atoms with Crippen LogP contribution >= 0.6 is 11.8 Å². The summed E-state index contributed by atoms with van der Waals surface area (Å²) in [5, 5.41) is 19.0. The number of aliphatic hydroxyl groups is 1. The van der Waals surface area contributed by atoms with Gasteiger partial charge in [0.2, 0.25) is 5.91 Å². The van der Waals surface area contributed by atoms with Crippen molar-refractivity contribution in [2.24, 2.45) is 0 Å². The minimum absolute atomic E-state index is 0.266. The fraction of sp³-hybridized carbons (Fsp3) is 0.444. The van der Waals surface area contributed by atoms with E-state index in [2.05, 4.69) is 16.0 Å². The first-order valence-corrected chi connectivity index (χ1v) is 13.1. The summed E-state index contributed by atoms with van der Waals surface area (Å²) < 4.78 is 4.58. The Morgan fingerprint density at radius 3 is 2.43 bits per heavy atom. The van der Waals surface area contributed by atoms with Crippen LogP contribution in [0.15, 0.2) is 48.5 Å². The number of carbonyl (C=O) groups is 3. The standard InChI is InChI=1S/C27H36N4O5S/c1-17-8-6-7-9-20(17)15-28-24(33)23-27(3,4)37-16-31(23)25(34)22(32)18(2)30-26(35)29-14-19-10-12-21(36-5)13-11-19/h6-13,18,22-23,32H,14-16H2,1-5H3,(H,28,33)(H2,29,30,35)/t18?,22?,23-/m1/s1. The van der Waals surface area contributed by atoms with Gasteiger partial charge in [-0.25, -0.2) is 4.79 Å². The number of amides is 4. The molecule has 1 fully saturated rings. The number of hydrogen-bond donors (Lipinski definition) is 4. The lowest BCUT2D eigenvalue weighted by molar-refractivity contribution is -0.147. The van der Waals surface area contributed by atoms with E-state index >= 15 is 0 Å². The van der Waals surface area contributed by atoms with Crippen LogP contribution in [0.2, 0.25) is 0 Å². The summed E-state index contributed by atoms with van der Waals surface area (Å²) in [5.74, 6) is 0.101. The Morgan fingerprint density at radius 1 is 1.11 bits per heavy atom. The molecular weight excluding hydrogens is 492 g/mol. The Bertz CT molecular complexity index is 1110. The summed E-state index contributed by atoms with van der Waals surface area (Å²) in [7, 11) is 1.58. The lowest BCUT2D eigenvalue weighted by atomic mass is 9.99. The van der Waals surface area contributed by atoms with Gasteiger partial charge in [-0.05, 0) is 56.5 Å². The van der Waals surface area contributed by atoms with Crippen LogP contribution in [0, 0.1) is 6.92 Å². The van der Waals surface area contributed by atoms with E-state index in [0.717, 1.165) is 16.7 Å². The minimum atomic E-state index is -1.51. The Kier molecular flexibility index (Phi) is 9.45. The van der Waals surface area contributed by atoms with Crippen molar-refractivity contribution >= 4 is 29.6 Å². The molecule has 0 saturated carbocycles. The molecule has 200 valence electrons. The van der Waals surface area contributed by atoms with Gasteiger partial charge < -0.3 is 30.7 Å². The van der Waals surface area contributed by atoms with Crippen LogP contribution in [0.4, 0.5) is 4.79 Å². The Balaban J connectivity index is 1.57. The first-order valence-electron chi connectivity index (χ1n) is 12.2. The average Bonchev–Trinajstić information content (AvgIpc) is 3.20. The van der Waals surface area contributed by atoms with E-state index < -0.39 is 34.9 Å². The summed E-state index contributed by atoms with van der Waals surface area (Å²) in [6, 6.07) is 12.9. The van der Waals surface area contributed by atoms with Gasteiger partial charge in [0.15, 0.2) is 6.10 Å². The maximum absolute atomic E-state index is 13.2. The molecule has 37 heavy (non-hydrogen) atoms. The predicted octanol–water partition coefficient (Wildman–Crippen LogP) is 2.55. The van der Waals surface area contributed by atoms with Crippen molar-refractivity contribution in [3.8, 4) is 5.75 Å². The summed E-state index contributed by atoms with van der Waals surface area (Å²) in [5.41, 5.74) is 2.93. The SMILES string of the molecule is COc1ccc(CNC(=O)NC(C)C(O)C(=O)N2CSC(C)(C)[C@H]2C(=O)NCc2ccccc2C)cc1. The first kappa shape index (κ1) is 28.3. The van der Waals surface area contributed by atoms with Gasteiger partial charge in [-0.3, -0.25) is 9.59 Å². The van der Waals surface area contributed by atoms with Crippen molar-refractivity contribution in [1.29, 1.82) is 0 Å². The smallest absolute Gasteiger partial charge is 0.315 e. The molecule has 0 bridgehead atoms. The maximum Gasteiger partial charge on any atom is 0.315 e. The highest BCUT2D eigenvalue weighted by Gasteiger charge is 2.49.